The summed E-state index contributed by atoms with van der Waals surface area (Å²) in [5, 5.41) is 0. The minimum absolute atomic E-state index is 0.224. The minimum atomic E-state index is -0.916. The second-order valence-electron chi connectivity index (χ2n) is 11.8. The highest BCUT2D eigenvalue weighted by Crippen LogP contribution is 2.57. The van der Waals surface area contributed by atoms with E-state index in [4.69, 9.17) is 9.47 Å². The summed E-state index contributed by atoms with van der Waals surface area (Å²) in [5.74, 6) is -4.85. The van der Waals surface area contributed by atoms with Crippen LogP contribution in [0.5, 0.6) is 11.5 Å². The standard InChI is InChI=1S/C39H32F4O4/c1-3-5-6-12-28-31(42)21-26(22-32(28)43)38(45)47-34-14-8-11-24-16-18-39(36(24)34)17-15-23-10-7-13-33(35(23)39)46-37(44)25-19-29(40)27(9-4-2)30(41)20-25/h4,6-14,19-22H,3,5,15-18H2,1-2H3/t39-/m1/s1. The SMILES string of the molecule is CC=Cc1c(F)cc(C(=O)Oc2cccc3c2[C@@]2(CC3)CCc3cccc(OC(=O)c4cc(F)c(C=CCCC)c(F)c4)c32)cc1F. The molecule has 0 fully saturated rings. The maximum absolute atomic E-state index is 14.8. The van der Waals surface area contributed by atoms with Crippen molar-refractivity contribution in [3.8, 4) is 11.5 Å². The average molecular weight is 641 g/mol. The molecule has 6 rings (SSSR count). The van der Waals surface area contributed by atoms with Crippen molar-refractivity contribution >= 4 is 24.1 Å². The van der Waals surface area contributed by atoms with Crippen molar-refractivity contribution in [3.63, 3.8) is 0 Å². The zero-order valence-corrected chi connectivity index (χ0v) is 26.0. The Balaban J connectivity index is 1.34. The van der Waals surface area contributed by atoms with Crippen LogP contribution in [0.2, 0.25) is 0 Å². The number of rotatable bonds is 8. The molecule has 47 heavy (non-hydrogen) atoms. The first kappa shape index (κ1) is 32.0. The third kappa shape index (κ3) is 5.88. The zero-order valence-electron chi connectivity index (χ0n) is 26.0. The Hall–Kier alpha value is -4.98. The predicted octanol–water partition coefficient (Wildman–Crippen LogP) is 9.71. The summed E-state index contributed by atoms with van der Waals surface area (Å²) in [4.78, 5) is 26.6. The number of allylic oxidation sites excluding steroid dienone is 2. The van der Waals surface area contributed by atoms with E-state index in [1.807, 2.05) is 19.1 Å². The quantitative estimate of drug-likeness (QED) is 0.109. The van der Waals surface area contributed by atoms with Crippen LogP contribution in [0, 0.1) is 23.3 Å². The molecule has 2 aliphatic rings. The lowest BCUT2D eigenvalue weighted by Gasteiger charge is -2.29. The molecule has 8 heteroatoms. The Morgan fingerprint density at radius 3 is 1.60 bits per heavy atom. The molecule has 0 saturated carbocycles. The molecule has 240 valence electrons. The topological polar surface area (TPSA) is 52.6 Å². The van der Waals surface area contributed by atoms with Gasteiger partial charge in [0.2, 0.25) is 0 Å². The Labute approximate surface area is 270 Å². The van der Waals surface area contributed by atoms with Gasteiger partial charge in [0.1, 0.15) is 34.8 Å². The number of carbonyl (C=O) groups excluding carboxylic acids is 2. The molecule has 0 aromatic heterocycles. The normalized spacial score (nSPS) is 16.6. The molecule has 1 atom stereocenters. The van der Waals surface area contributed by atoms with Crippen molar-refractivity contribution in [2.24, 2.45) is 0 Å². The van der Waals surface area contributed by atoms with Crippen LogP contribution in [0.4, 0.5) is 17.6 Å². The van der Waals surface area contributed by atoms with Gasteiger partial charge in [-0.15, -0.1) is 0 Å². The van der Waals surface area contributed by atoms with Gasteiger partial charge in [-0.05, 0) is 86.6 Å². The van der Waals surface area contributed by atoms with Crippen molar-refractivity contribution in [1.29, 1.82) is 0 Å². The van der Waals surface area contributed by atoms with Crippen molar-refractivity contribution < 1.29 is 36.6 Å². The smallest absolute Gasteiger partial charge is 0.343 e. The van der Waals surface area contributed by atoms with E-state index in [9.17, 15) is 27.2 Å². The van der Waals surface area contributed by atoms with E-state index in [0.29, 0.717) is 32.1 Å². The second-order valence-corrected chi connectivity index (χ2v) is 11.8. The van der Waals surface area contributed by atoms with E-state index in [0.717, 1.165) is 52.9 Å². The fourth-order valence-electron chi connectivity index (χ4n) is 6.85. The highest BCUT2D eigenvalue weighted by molar-refractivity contribution is 5.93. The van der Waals surface area contributed by atoms with Gasteiger partial charge in [0.05, 0.1) is 11.1 Å². The Morgan fingerprint density at radius 2 is 1.17 bits per heavy atom. The number of aryl methyl sites for hydroxylation is 2. The van der Waals surface area contributed by atoms with Gasteiger partial charge in [0, 0.05) is 27.7 Å². The van der Waals surface area contributed by atoms with Gasteiger partial charge in [0.15, 0.2) is 0 Å². The summed E-state index contributed by atoms with van der Waals surface area (Å²) in [6.45, 7) is 3.58. The van der Waals surface area contributed by atoms with E-state index in [-0.39, 0.29) is 33.8 Å². The van der Waals surface area contributed by atoms with Crippen molar-refractivity contribution in [2.75, 3.05) is 0 Å². The zero-order chi connectivity index (χ0) is 33.3. The van der Waals surface area contributed by atoms with Crippen LogP contribution < -0.4 is 9.47 Å². The molecule has 4 nitrogen and oxygen atoms in total. The van der Waals surface area contributed by atoms with Crippen LogP contribution in [0.1, 0.15) is 93.6 Å². The van der Waals surface area contributed by atoms with Crippen LogP contribution >= 0.6 is 0 Å². The Morgan fingerprint density at radius 1 is 0.723 bits per heavy atom. The van der Waals surface area contributed by atoms with Crippen molar-refractivity contribution in [2.45, 2.75) is 57.8 Å². The van der Waals surface area contributed by atoms with Crippen molar-refractivity contribution in [3.05, 3.63) is 141 Å². The fourth-order valence-corrected chi connectivity index (χ4v) is 6.85. The van der Waals surface area contributed by atoms with Gasteiger partial charge >= 0.3 is 11.9 Å². The maximum atomic E-state index is 14.8. The predicted molar refractivity (Wildman–Crippen MR) is 172 cm³/mol. The molecule has 0 radical (unpaired) electrons. The molecule has 0 heterocycles. The van der Waals surface area contributed by atoms with E-state index in [1.54, 1.807) is 37.3 Å². The van der Waals surface area contributed by atoms with E-state index < -0.39 is 40.6 Å². The molecule has 0 amide bonds. The molecule has 2 aliphatic carbocycles. The first-order chi connectivity index (χ1) is 22.7. The number of hydrogen-bond donors (Lipinski definition) is 0. The third-order valence-electron chi connectivity index (χ3n) is 8.93. The largest absolute Gasteiger partial charge is 0.423 e. The number of benzene rings is 4. The maximum Gasteiger partial charge on any atom is 0.343 e. The van der Waals surface area contributed by atoms with E-state index in [2.05, 4.69) is 0 Å². The molecule has 1 spiro atoms. The van der Waals surface area contributed by atoms with Crippen LogP contribution in [0.25, 0.3) is 12.2 Å². The van der Waals surface area contributed by atoms with Crippen LogP contribution in [-0.2, 0) is 18.3 Å². The molecular formula is C39H32F4O4. The van der Waals surface area contributed by atoms with Gasteiger partial charge in [-0.1, -0.05) is 61.9 Å². The lowest BCUT2D eigenvalue weighted by Crippen LogP contribution is -2.25. The van der Waals surface area contributed by atoms with Gasteiger partial charge in [-0.2, -0.15) is 0 Å². The lowest BCUT2D eigenvalue weighted by molar-refractivity contribution is 0.0724. The van der Waals surface area contributed by atoms with Crippen LogP contribution in [0.15, 0.2) is 72.8 Å². The summed E-state index contributed by atoms with van der Waals surface area (Å²) in [7, 11) is 0. The minimum Gasteiger partial charge on any atom is -0.423 e. The number of unbranched alkanes of at least 4 members (excludes halogenated alkanes) is 1. The molecule has 0 unspecified atom stereocenters. The highest BCUT2D eigenvalue weighted by atomic mass is 19.1. The third-order valence-corrected chi connectivity index (χ3v) is 8.93. The van der Waals surface area contributed by atoms with Crippen LogP contribution in [0.3, 0.4) is 0 Å². The van der Waals surface area contributed by atoms with Gasteiger partial charge in [-0.25, -0.2) is 27.2 Å². The summed E-state index contributed by atoms with van der Waals surface area (Å²) in [5.41, 5.74) is 1.63. The molecule has 0 bridgehead atoms. The Bertz CT molecular complexity index is 1910. The molecule has 4 aromatic rings. The first-order valence-electron chi connectivity index (χ1n) is 15.6. The summed E-state index contributed by atoms with van der Waals surface area (Å²) < 4.78 is 70.7. The van der Waals surface area contributed by atoms with E-state index in [1.165, 1.54) is 18.2 Å². The molecule has 0 N–H and O–H groups in total. The molecule has 0 aliphatic heterocycles. The fraction of sp³-hybridized carbons (Fsp3) is 0.231. The first-order valence-corrected chi connectivity index (χ1v) is 15.6. The summed E-state index contributed by atoms with van der Waals surface area (Å²) >= 11 is 0. The Kier molecular flexibility index (Phi) is 8.86. The van der Waals surface area contributed by atoms with Crippen LogP contribution in [-0.4, -0.2) is 11.9 Å². The van der Waals surface area contributed by atoms with Crippen molar-refractivity contribution in [1.82, 2.24) is 0 Å². The van der Waals surface area contributed by atoms with Gasteiger partial charge in [0.25, 0.3) is 0 Å². The van der Waals surface area contributed by atoms with Gasteiger partial charge < -0.3 is 9.47 Å². The molecule has 0 saturated heterocycles. The monoisotopic (exact) mass is 640 g/mol. The number of halogens is 4. The van der Waals surface area contributed by atoms with Gasteiger partial charge in [-0.3, -0.25) is 0 Å². The lowest BCUT2D eigenvalue weighted by atomic mass is 9.76. The molecular weight excluding hydrogens is 608 g/mol. The second kappa shape index (κ2) is 13.0. The number of ether oxygens (including phenoxy) is 2. The number of carbonyl (C=O) groups is 2. The number of hydrogen-bond acceptors (Lipinski definition) is 4. The number of fused-ring (bicyclic) bond motifs is 4. The summed E-state index contributed by atoms with van der Waals surface area (Å²) in [6, 6.07) is 14.5. The number of esters is 2. The highest BCUT2D eigenvalue weighted by Gasteiger charge is 2.49. The molecule has 4 aromatic carbocycles. The van der Waals surface area contributed by atoms with E-state index >= 15 is 0 Å². The average Bonchev–Trinajstić information content (AvgIpc) is 3.62. The summed E-state index contributed by atoms with van der Waals surface area (Å²) in [6.07, 6.45) is 9.85.